The number of aromatic nitrogens is 2. The average Bonchev–Trinajstić information content (AvgIpc) is 2.75. The zero-order chi connectivity index (χ0) is 15.6. The molecule has 0 unspecified atom stereocenters. The molecule has 0 aliphatic rings. The smallest absolute Gasteiger partial charge is 0.396 e. The van der Waals surface area contributed by atoms with Gasteiger partial charge in [-0.15, -0.1) is 0 Å². The van der Waals surface area contributed by atoms with Gasteiger partial charge < -0.3 is 11.1 Å². The summed E-state index contributed by atoms with van der Waals surface area (Å²) >= 11 is 2.97. The lowest BCUT2D eigenvalue weighted by atomic mass is 10.1. The Morgan fingerprint density at radius 2 is 2.14 bits per heavy atom. The number of carbonyl (C=O) groups is 1. The number of hydrogen-bond donors (Lipinski definition) is 2. The van der Waals surface area contributed by atoms with Crippen molar-refractivity contribution in [1.29, 1.82) is 0 Å². The summed E-state index contributed by atoms with van der Waals surface area (Å²) in [5, 5.41) is 6.00. The van der Waals surface area contributed by atoms with E-state index in [1.807, 2.05) is 0 Å². The lowest BCUT2D eigenvalue weighted by Gasteiger charge is -2.14. The maximum absolute atomic E-state index is 12.9. The molecule has 5 nitrogen and oxygen atoms in total. The predicted molar refractivity (Wildman–Crippen MR) is 74.4 cm³/mol. The van der Waals surface area contributed by atoms with Crippen LogP contribution in [0.5, 0.6) is 0 Å². The number of rotatable bonds is 3. The normalized spacial score (nSPS) is 11.4. The highest BCUT2D eigenvalue weighted by molar-refractivity contribution is 9.10. The number of nitrogens with one attached hydrogen (secondary N) is 1. The summed E-state index contributed by atoms with van der Waals surface area (Å²) in [6, 6.07) is 3.50. The van der Waals surface area contributed by atoms with Crippen LogP contribution in [0.1, 0.15) is 5.56 Å². The van der Waals surface area contributed by atoms with Crippen molar-refractivity contribution in [2.75, 3.05) is 11.1 Å². The van der Waals surface area contributed by atoms with Crippen LogP contribution >= 0.6 is 15.9 Å². The van der Waals surface area contributed by atoms with Gasteiger partial charge in [-0.25, -0.2) is 0 Å². The molecule has 2 rings (SSSR count). The van der Waals surface area contributed by atoms with Crippen molar-refractivity contribution in [2.45, 2.75) is 12.7 Å². The predicted octanol–water partition coefficient (Wildman–Crippen LogP) is 2.89. The van der Waals surface area contributed by atoms with Gasteiger partial charge in [-0.1, -0.05) is 15.9 Å². The number of anilines is 2. The van der Waals surface area contributed by atoms with Gasteiger partial charge in [0.25, 0.3) is 0 Å². The second-order valence-corrected chi connectivity index (χ2v) is 5.12. The molecule has 112 valence electrons. The van der Waals surface area contributed by atoms with Crippen molar-refractivity contribution >= 4 is 33.2 Å². The summed E-state index contributed by atoms with van der Waals surface area (Å²) in [5.74, 6) is -0.633. The van der Waals surface area contributed by atoms with E-state index in [0.29, 0.717) is 5.69 Å². The van der Waals surface area contributed by atoms with Crippen LogP contribution in [0.2, 0.25) is 0 Å². The maximum atomic E-state index is 12.9. The molecule has 0 saturated heterocycles. The molecule has 9 heteroatoms. The van der Waals surface area contributed by atoms with Gasteiger partial charge in [0, 0.05) is 10.7 Å². The third kappa shape index (κ3) is 3.97. The summed E-state index contributed by atoms with van der Waals surface area (Å²) in [4.78, 5) is 11.8. The standard InChI is InChI=1S/C12H10BrF3N4O/c13-7-1-2-10(9(3-7)12(14,15)16)19-11(21)6-20-5-8(17)4-18-20/h1-5H,6,17H2,(H,19,21). The van der Waals surface area contributed by atoms with Crippen molar-refractivity contribution in [3.63, 3.8) is 0 Å². The minimum Gasteiger partial charge on any atom is -0.396 e. The highest BCUT2D eigenvalue weighted by atomic mass is 79.9. The van der Waals surface area contributed by atoms with Gasteiger partial charge in [0.15, 0.2) is 0 Å². The Morgan fingerprint density at radius 1 is 1.43 bits per heavy atom. The van der Waals surface area contributed by atoms with Gasteiger partial charge in [-0.2, -0.15) is 18.3 Å². The third-order valence-electron chi connectivity index (χ3n) is 2.52. The van der Waals surface area contributed by atoms with Crippen molar-refractivity contribution in [3.05, 3.63) is 40.6 Å². The van der Waals surface area contributed by atoms with E-state index in [9.17, 15) is 18.0 Å². The second kappa shape index (κ2) is 5.76. The molecule has 0 spiro atoms. The first-order valence-corrected chi connectivity index (χ1v) is 6.49. The number of nitrogen functional groups attached to an aromatic ring is 1. The van der Waals surface area contributed by atoms with Gasteiger partial charge in [0.1, 0.15) is 6.54 Å². The SMILES string of the molecule is Nc1cnn(CC(=O)Nc2ccc(Br)cc2C(F)(F)F)c1. The molecule has 1 amide bonds. The molecule has 0 fully saturated rings. The summed E-state index contributed by atoms with van der Waals surface area (Å²) < 4.78 is 40.2. The molecular formula is C12H10BrF3N4O. The van der Waals surface area contributed by atoms with E-state index in [-0.39, 0.29) is 16.7 Å². The van der Waals surface area contributed by atoms with Crippen molar-refractivity contribution in [2.24, 2.45) is 0 Å². The molecular weight excluding hydrogens is 353 g/mol. The number of alkyl halides is 3. The van der Waals surface area contributed by atoms with Crippen LogP contribution < -0.4 is 11.1 Å². The van der Waals surface area contributed by atoms with Crippen LogP contribution in [-0.4, -0.2) is 15.7 Å². The van der Waals surface area contributed by atoms with Gasteiger partial charge in [0.2, 0.25) is 5.91 Å². The van der Waals surface area contributed by atoms with Gasteiger partial charge in [0.05, 0.1) is 23.1 Å². The summed E-state index contributed by atoms with van der Waals surface area (Å²) in [6.07, 6.45) is -1.82. The Hall–Kier alpha value is -2.03. The summed E-state index contributed by atoms with van der Waals surface area (Å²) in [5.41, 5.74) is 4.56. The van der Waals surface area contributed by atoms with Crippen molar-refractivity contribution in [1.82, 2.24) is 9.78 Å². The van der Waals surface area contributed by atoms with Gasteiger partial charge in [-0.05, 0) is 18.2 Å². The van der Waals surface area contributed by atoms with Crippen LogP contribution in [0.15, 0.2) is 35.1 Å². The van der Waals surface area contributed by atoms with Crippen LogP contribution in [0.3, 0.4) is 0 Å². The molecule has 0 saturated carbocycles. The van der Waals surface area contributed by atoms with Crippen molar-refractivity contribution < 1.29 is 18.0 Å². The molecule has 0 radical (unpaired) electrons. The average molecular weight is 363 g/mol. The fourth-order valence-electron chi connectivity index (χ4n) is 1.66. The Balaban J connectivity index is 2.17. The molecule has 0 aliphatic heterocycles. The molecule has 21 heavy (non-hydrogen) atoms. The third-order valence-corrected chi connectivity index (χ3v) is 3.01. The van der Waals surface area contributed by atoms with Crippen LogP contribution in [0.25, 0.3) is 0 Å². The zero-order valence-corrected chi connectivity index (χ0v) is 12.1. The fourth-order valence-corrected chi connectivity index (χ4v) is 2.02. The summed E-state index contributed by atoms with van der Waals surface area (Å²) in [6.45, 7) is -0.232. The molecule has 0 bridgehead atoms. The molecule has 1 aromatic carbocycles. The zero-order valence-electron chi connectivity index (χ0n) is 10.5. The lowest BCUT2D eigenvalue weighted by Crippen LogP contribution is -2.21. The number of carbonyl (C=O) groups excluding carboxylic acids is 1. The molecule has 2 aromatic rings. The molecule has 1 aromatic heterocycles. The highest BCUT2D eigenvalue weighted by Gasteiger charge is 2.34. The van der Waals surface area contributed by atoms with Gasteiger partial charge >= 0.3 is 6.18 Å². The first-order valence-electron chi connectivity index (χ1n) is 5.70. The van der Waals surface area contributed by atoms with E-state index in [2.05, 4.69) is 26.3 Å². The van der Waals surface area contributed by atoms with E-state index in [1.54, 1.807) is 0 Å². The summed E-state index contributed by atoms with van der Waals surface area (Å²) in [7, 11) is 0. The van der Waals surface area contributed by atoms with Crippen LogP contribution in [0, 0.1) is 0 Å². The molecule has 0 aliphatic carbocycles. The Kier molecular flexibility index (Phi) is 4.21. The fraction of sp³-hybridized carbons (Fsp3) is 0.167. The number of nitrogens with zero attached hydrogens (tertiary/aromatic N) is 2. The van der Waals surface area contributed by atoms with E-state index in [0.717, 1.165) is 6.07 Å². The van der Waals surface area contributed by atoms with E-state index in [4.69, 9.17) is 5.73 Å². The topological polar surface area (TPSA) is 72.9 Å². The van der Waals surface area contributed by atoms with Crippen molar-refractivity contribution in [3.8, 4) is 0 Å². The lowest BCUT2D eigenvalue weighted by molar-refractivity contribution is -0.137. The number of benzene rings is 1. The first-order chi connectivity index (χ1) is 9.75. The van der Waals surface area contributed by atoms with E-state index in [1.165, 1.54) is 29.2 Å². The molecule has 0 atom stereocenters. The van der Waals surface area contributed by atoms with E-state index < -0.39 is 17.6 Å². The molecule has 3 N–H and O–H groups in total. The molecule has 1 heterocycles. The minimum atomic E-state index is -4.57. The largest absolute Gasteiger partial charge is 0.418 e. The Bertz CT molecular complexity index is 669. The minimum absolute atomic E-state index is 0.232. The highest BCUT2D eigenvalue weighted by Crippen LogP contribution is 2.36. The Morgan fingerprint density at radius 3 is 2.71 bits per heavy atom. The first kappa shape index (κ1) is 15.4. The number of amides is 1. The second-order valence-electron chi connectivity index (χ2n) is 4.21. The Labute approximate surface area is 126 Å². The monoisotopic (exact) mass is 362 g/mol. The number of hydrogen-bond acceptors (Lipinski definition) is 3. The van der Waals surface area contributed by atoms with Gasteiger partial charge in [-0.3, -0.25) is 9.48 Å². The van der Waals surface area contributed by atoms with E-state index >= 15 is 0 Å². The van der Waals surface area contributed by atoms with Crippen LogP contribution in [0.4, 0.5) is 24.5 Å². The number of halogens is 4. The number of nitrogens with two attached hydrogens (primary N) is 1. The van der Waals surface area contributed by atoms with Crippen LogP contribution in [-0.2, 0) is 17.5 Å². The quantitative estimate of drug-likeness (QED) is 0.881. The maximum Gasteiger partial charge on any atom is 0.418 e.